The number of ether oxygens (including phenoxy) is 1. The molecule has 3 heterocycles. The van der Waals surface area contributed by atoms with E-state index < -0.39 is 0 Å². The van der Waals surface area contributed by atoms with E-state index in [-0.39, 0.29) is 5.91 Å². The number of piperidine rings is 1. The molecule has 1 aromatic heterocycles. The molecule has 6 nitrogen and oxygen atoms in total. The Morgan fingerprint density at radius 3 is 3.00 bits per heavy atom. The summed E-state index contributed by atoms with van der Waals surface area (Å²) in [6.07, 6.45) is 5.85. The van der Waals surface area contributed by atoms with Crippen LogP contribution >= 0.6 is 0 Å². The number of carbonyl (C=O) groups is 1. The van der Waals surface area contributed by atoms with Crippen LogP contribution in [0.5, 0.6) is 0 Å². The number of morpholine rings is 1. The topological polar surface area (TPSA) is 67.6 Å². The Morgan fingerprint density at radius 1 is 1.36 bits per heavy atom. The van der Waals surface area contributed by atoms with Crippen LogP contribution in [0.3, 0.4) is 0 Å². The molecule has 2 aliphatic heterocycles. The minimum Gasteiger partial charge on any atom is -0.378 e. The van der Waals surface area contributed by atoms with Gasteiger partial charge in [0.2, 0.25) is 5.91 Å². The van der Waals surface area contributed by atoms with Gasteiger partial charge in [0.1, 0.15) is 5.76 Å². The molecule has 140 valence electrons. The van der Waals surface area contributed by atoms with Gasteiger partial charge in [0.05, 0.1) is 18.9 Å². The molecule has 2 saturated heterocycles. The highest BCUT2D eigenvalue weighted by Crippen LogP contribution is 2.27. The van der Waals surface area contributed by atoms with Gasteiger partial charge in [-0.3, -0.25) is 4.79 Å². The molecule has 0 radical (unpaired) electrons. The summed E-state index contributed by atoms with van der Waals surface area (Å²) in [4.78, 5) is 14.6. The minimum atomic E-state index is 0.281. The molecule has 0 saturated carbocycles. The number of aromatic nitrogens is 1. The SMILES string of the molecule is CCCCc1cc(C[C@@H]2CNCC[C@H]2CC(=O)N2CCOCC2)no1. The van der Waals surface area contributed by atoms with Crippen molar-refractivity contribution >= 4 is 5.91 Å². The number of carbonyl (C=O) groups excluding carboxylic acids is 1. The lowest BCUT2D eigenvalue weighted by molar-refractivity contribution is -0.136. The molecule has 1 amide bonds. The van der Waals surface area contributed by atoms with Gasteiger partial charge in [0.15, 0.2) is 0 Å². The summed E-state index contributed by atoms with van der Waals surface area (Å²) in [6, 6.07) is 2.10. The summed E-state index contributed by atoms with van der Waals surface area (Å²) in [7, 11) is 0. The first-order valence-electron chi connectivity index (χ1n) is 9.77. The van der Waals surface area contributed by atoms with Crippen LogP contribution in [0.2, 0.25) is 0 Å². The molecule has 1 aromatic rings. The monoisotopic (exact) mass is 349 g/mol. The Balaban J connectivity index is 1.55. The molecule has 2 atom stereocenters. The second-order valence-corrected chi connectivity index (χ2v) is 7.30. The molecule has 1 N–H and O–H groups in total. The maximum atomic E-state index is 12.6. The predicted molar refractivity (Wildman–Crippen MR) is 95.3 cm³/mol. The molecule has 25 heavy (non-hydrogen) atoms. The smallest absolute Gasteiger partial charge is 0.223 e. The van der Waals surface area contributed by atoms with E-state index in [1.165, 1.54) is 0 Å². The number of amides is 1. The second kappa shape index (κ2) is 9.34. The first kappa shape index (κ1) is 18.4. The summed E-state index contributed by atoms with van der Waals surface area (Å²) in [5.41, 5.74) is 1.03. The van der Waals surface area contributed by atoms with Crippen molar-refractivity contribution in [2.24, 2.45) is 11.8 Å². The van der Waals surface area contributed by atoms with E-state index in [0.717, 1.165) is 69.7 Å². The first-order chi connectivity index (χ1) is 12.3. The molecular formula is C19H31N3O3. The maximum Gasteiger partial charge on any atom is 0.223 e. The molecule has 2 fully saturated rings. The fourth-order valence-corrected chi connectivity index (χ4v) is 3.84. The fourth-order valence-electron chi connectivity index (χ4n) is 3.84. The van der Waals surface area contributed by atoms with Crippen molar-refractivity contribution in [3.8, 4) is 0 Å². The molecule has 0 unspecified atom stereocenters. The van der Waals surface area contributed by atoms with E-state index in [9.17, 15) is 4.79 Å². The minimum absolute atomic E-state index is 0.281. The number of hydrogen-bond acceptors (Lipinski definition) is 5. The molecule has 0 spiro atoms. The van der Waals surface area contributed by atoms with Gasteiger partial charge in [-0.25, -0.2) is 0 Å². The van der Waals surface area contributed by atoms with Crippen LogP contribution in [-0.2, 0) is 22.4 Å². The summed E-state index contributed by atoms with van der Waals surface area (Å²) < 4.78 is 10.8. The highest BCUT2D eigenvalue weighted by Gasteiger charge is 2.30. The lowest BCUT2D eigenvalue weighted by Crippen LogP contribution is -2.44. The Hall–Kier alpha value is -1.40. The zero-order valence-corrected chi connectivity index (χ0v) is 15.3. The van der Waals surface area contributed by atoms with E-state index in [1.54, 1.807) is 0 Å². The highest BCUT2D eigenvalue weighted by atomic mass is 16.5. The van der Waals surface area contributed by atoms with Crippen molar-refractivity contribution in [3.63, 3.8) is 0 Å². The lowest BCUT2D eigenvalue weighted by atomic mass is 9.81. The van der Waals surface area contributed by atoms with Crippen LogP contribution in [-0.4, -0.2) is 55.4 Å². The number of rotatable bonds is 7. The van der Waals surface area contributed by atoms with Gasteiger partial charge in [-0.05, 0) is 44.2 Å². The van der Waals surface area contributed by atoms with Crippen LogP contribution in [0.25, 0.3) is 0 Å². The average Bonchev–Trinajstić information content (AvgIpc) is 3.09. The van der Waals surface area contributed by atoms with Crippen LogP contribution in [0.4, 0.5) is 0 Å². The van der Waals surface area contributed by atoms with E-state index in [1.807, 2.05) is 4.90 Å². The standard InChI is InChI=1S/C19H31N3O3/c1-2-3-4-18-13-17(21-25-18)11-16-14-20-6-5-15(16)12-19(23)22-7-9-24-10-8-22/h13,15-16,20H,2-12,14H2,1H3/t15-,16+/m0/s1. The van der Waals surface area contributed by atoms with E-state index in [0.29, 0.717) is 31.5 Å². The molecular weight excluding hydrogens is 318 g/mol. The van der Waals surface area contributed by atoms with Crippen molar-refractivity contribution in [2.45, 2.75) is 45.4 Å². The number of aryl methyl sites for hydroxylation is 1. The van der Waals surface area contributed by atoms with Gasteiger partial charge in [-0.15, -0.1) is 0 Å². The Bertz CT molecular complexity index is 540. The third kappa shape index (κ3) is 5.28. The van der Waals surface area contributed by atoms with Crippen molar-refractivity contribution in [2.75, 3.05) is 39.4 Å². The molecule has 3 rings (SSSR count). The molecule has 0 bridgehead atoms. The number of hydrogen-bond donors (Lipinski definition) is 1. The summed E-state index contributed by atoms with van der Waals surface area (Å²) in [5, 5.41) is 7.73. The highest BCUT2D eigenvalue weighted by molar-refractivity contribution is 5.76. The van der Waals surface area contributed by atoms with E-state index in [4.69, 9.17) is 9.26 Å². The first-order valence-corrected chi connectivity index (χ1v) is 9.77. The van der Waals surface area contributed by atoms with Gasteiger partial charge >= 0.3 is 0 Å². The number of nitrogens with one attached hydrogen (secondary N) is 1. The molecule has 6 heteroatoms. The zero-order chi connectivity index (χ0) is 17.5. The van der Waals surface area contributed by atoms with E-state index in [2.05, 4.69) is 23.5 Å². The van der Waals surface area contributed by atoms with Gasteiger partial charge in [-0.1, -0.05) is 18.5 Å². The molecule has 0 aromatic carbocycles. The van der Waals surface area contributed by atoms with Crippen molar-refractivity contribution < 1.29 is 14.1 Å². The normalized spacial score (nSPS) is 24.4. The number of nitrogens with zero attached hydrogens (tertiary/aromatic N) is 2. The quantitative estimate of drug-likeness (QED) is 0.816. The van der Waals surface area contributed by atoms with Crippen LogP contribution in [0.1, 0.15) is 44.1 Å². The summed E-state index contributed by atoms with van der Waals surface area (Å²) >= 11 is 0. The van der Waals surface area contributed by atoms with Crippen molar-refractivity contribution in [1.82, 2.24) is 15.4 Å². The summed E-state index contributed by atoms with van der Waals surface area (Å²) in [5.74, 6) is 2.14. The maximum absolute atomic E-state index is 12.6. The fraction of sp³-hybridized carbons (Fsp3) is 0.789. The third-order valence-electron chi connectivity index (χ3n) is 5.42. The molecule has 2 aliphatic rings. The Labute approximate surface area is 150 Å². The van der Waals surface area contributed by atoms with Crippen molar-refractivity contribution in [3.05, 3.63) is 17.5 Å². The van der Waals surface area contributed by atoms with Gasteiger partial charge in [0, 0.05) is 32.0 Å². The summed E-state index contributed by atoms with van der Waals surface area (Å²) in [6.45, 7) is 6.94. The third-order valence-corrected chi connectivity index (χ3v) is 5.42. The largest absolute Gasteiger partial charge is 0.378 e. The second-order valence-electron chi connectivity index (χ2n) is 7.30. The van der Waals surface area contributed by atoms with Gasteiger partial charge < -0.3 is 19.5 Å². The van der Waals surface area contributed by atoms with E-state index >= 15 is 0 Å². The Morgan fingerprint density at radius 2 is 2.20 bits per heavy atom. The number of unbranched alkanes of at least 4 members (excludes halogenated alkanes) is 1. The Kier molecular flexibility index (Phi) is 6.87. The van der Waals surface area contributed by atoms with Gasteiger partial charge in [0.25, 0.3) is 0 Å². The van der Waals surface area contributed by atoms with Crippen molar-refractivity contribution in [1.29, 1.82) is 0 Å². The van der Waals surface area contributed by atoms with Crippen LogP contribution in [0, 0.1) is 11.8 Å². The lowest BCUT2D eigenvalue weighted by Gasteiger charge is -2.34. The predicted octanol–water partition coefficient (Wildman–Crippen LogP) is 2.03. The van der Waals surface area contributed by atoms with Crippen LogP contribution < -0.4 is 5.32 Å². The van der Waals surface area contributed by atoms with Gasteiger partial charge in [-0.2, -0.15) is 0 Å². The molecule has 0 aliphatic carbocycles. The van der Waals surface area contributed by atoms with Crippen LogP contribution in [0.15, 0.2) is 10.6 Å². The average molecular weight is 349 g/mol. The zero-order valence-electron chi connectivity index (χ0n) is 15.3.